The molecule has 3 atom stereocenters. The Kier molecular flexibility index (Phi) is 6.92. The van der Waals surface area contributed by atoms with Gasteiger partial charge in [-0.2, -0.15) is 0 Å². The van der Waals surface area contributed by atoms with Gasteiger partial charge in [0.15, 0.2) is 0 Å². The second-order valence-electron chi connectivity index (χ2n) is 9.24. The summed E-state index contributed by atoms with van der Waals surface area (Å²) in [5.74, 6) is 1.34. The molecule has 0 saturated heterocycles. The summed E-state index contributed by atoms with van der Waals surface area (Å²) >= 11 is 0. The minimum Gasteiger partial charge on any atom is -0.497 e. The zero-order chi connectivity index (χ0) is 24.3. The lowest BCUT2D eigenvalue weighted by atomic mass is 9.63. The molecule has 2 aliphatic carbocycles. The Bertz CT molecular complexity index is 1260. The minimum absolute atomic E-state index is 0.127. The molecule has 3 unspecified atom stereocenters. The molecule has 0 radical (unpaired) electrons. The molecule has 0 aromatic heterocycles. The average molecular weight is 489 g/mol. The zero-order valence-electron chi connectivity index (χ0n) is 19.4. The monoisotopic (exact) mass is 488 g/mol. The van der Waals surface area contributed by atoms with Crippen LogP contribution in [-0.2, 0) is 15.9 Å². The van der Waals surface area contributed by atoms with Crippen LogP contribution in [0, 0.1) is 11.8 Å². The molecule has 5 nitrogen and oxygen atoms in total. The molecule has 2 N–H and O–H groups in total. The number of fused-ring (bicyclic) bond motifs is 2. The summed E-state index contributed by atoms with van der Waals surface area (Å²) in [5.41, 5.74) is 6.20. The van der Waals surface area contributed by atoms with Gasteiger partial charge in [0, 0.05) is 5.92 Å². The third-order valence-electron chi connectivity index (χ3n) is 6.93. The van der Waals surface area contributed by atoms with E-state index in [2.05, 4.69) is 66.7 Å². The van der Waals surface area contributed by atoms with Gasteiger partial charge in [-0.1, -0.05) is 78.9 Å². The molecule has 3 aromatic rings. The second-order valence-corrected chi connectivity index (χ2v) is 10.4. The largest absolute Gasteiger partial charge is 0.524 e. The molecule has 0 spiro atoms. The SMILES string of the molecule is O=P(O)(O)Oc1cccc(COC=C2CCC3CC2C(c2ccccc2)C=C3c2ccccc2)c1. The van der Waals surface area contributed by atoms with Crippen molar-refractivity contribution in [2.24, 2.45) is 11.8 Å². The Morgan fingerprint density at radius 3 is 2.43 bits per heavy atom. The van der Waals surface area contributed by atoms with E-state index in [1.54, 1.807) is 12.1 Å². The Labute approximate surface area is 206 Å². The Morgan fingerprint density at radius 1 is 0.943 bits per heavy atom. The molecule has 0 heterocycles. The van der Waals surface area contributed by atoms with E-state index in [0.29, 0.717) is 18.4 Å². The fourth-order valence-corrected chi connectivity index (χ4v) is 5.78. The predicted molar refractivity (Wildman–Crippen MR) is 136 cm³/mol. The fourth-order valence-electron chi connectivity index (χ4n) is 5.39. The van der Waals surface area contributed by atoms with E-state index >= 15 is 0 Å². The lowest BCUT2D eigenvalue weighted by molar-refractivity contribution is 0.221. The van der Waals surface area contributed by atoms with E-state index < -0.39 is 7.82 Å². The average Bonchev–Trinajstić information content (AvgIpc) is 2.86. The summed E-state index contributed by atoms with van der Waals surface area (Å²) in [7, 11) is -4.59. The van der Waals surface area contributed by atoms with Crippen LogP contribution in [-0.4, -0.2) is 9.79 Å². The molecule has 35 heavy (non-hydrogen) atoms. The standard InChI is InChI=1S/C29H29O5P/c30-35(31,32)34-26-13-7-8-21(16-26)19-33-20-25-15-14-24-17-28(25)29(23-11-5-2-6-12-23)18-27(24)22-9-3-1-4-10-22/h1-13,16,18,20,24,28-29H,14-15,17,19H2,(H2,30,31,32). The lowest BCUT2D eigenvalue weighted by Gasteiger charge is -2.41. The van der Waals surface area contributed by atoms with Crippen LogP contribution in [0.2, 0.25) is 0 Å². The number of rotatable bonds is 7. The Morgan fingerprint density at radius 2 is 1.69 bits per heavy atom. The van der Waals surface area contributed by atoms with Gasteiger partial charge in [0.05, 0.1) is 6.26 Å². The molecule has 1 saturated carbocycles. The van der Waals surface area contributed by atoms with Gasteiger partial charge >= 0.3 is 7.82 Å². The molecule has 2 aliphatic rings. The molecule has 5 rings (SSSR count). The third kappa shape index (κ3) is 5.76. The highest BCUT2D eigenvalue weighted by atomic mass is 31.2. The van der Waals surface area contributed by atoms with Gasteiger partial charge < -0.3 is 9.26 Å². The van der Waals surface area contributed by atoms with Crippen LogP contribution in [0.5, 0.6) is 5.75 Å². The van der Waals surface area contributed by atoms with Crippen molar-refractivity contribution in [1.29, 1.82) is 0 Å². The summed E-state index contributed by atoms with van der Waals surface area (Å²) < 4.78 is 21.8. The molecule has 0 aliphatic heterocycles. The van der Waals surface area contributed by atoms with Crippen LogP contribution in [0.3, 0.4) is 0 Å². The van der Waals surface area contributed by atoms with Gasteiger partial charge in [-0.3, -0.25) is 9.79 Å². The van der Waals surface area contributed by atoms with Gasteiger partial charge in [0.25, 0.3) is 0 Å². The molecule has 180 valence electrons. The number of hydrogen-bond donors (Lipinski definition) is 2. The first-order chi connectivity index (χ1) is 17.0. The van der Waals surface area contributed by atoms with Gasteiger partial charge in [0.1, 0.15) is 12.4 Å². The number of ether oxygens (including phenoxy) is 1. The van der Waals surface area contributed by atoms with Gasteiger partial charge in [0.2, 0.25) is 0 Å². The molecular weight excluding hydrogens is 459 g/mol. The topological polar surface area (TPSA) is 76.0 Å². The molecule has 6 heteroatoms. The molecular formula is C29H29O5P. The van der Waals surface area contributed by atoms with E-state index in [9.17, 15) is 4.57 Å². The van der Waals surface area contributed by atoms with Crippen molar-refractivity contribution in [2.75, 3.05) is 0 Å². The van der Waals surface area contributed by atoms with Crippen LogP contribution in [0.25, 0.3) is 5.57 Å². The maximum atomic E-state index is 11.1. The van der Waals surface area contributed by atoms with Gasteiger partial charge in [-0.05, 0) is 71.1 Å². The summed E-state index contributed by atoms with van der Waals surface area (Å²) in [4.78, 5) is 18.1. The summed E-state index contributed by atoms with van der Waals surface area (Å²) in [6.07, 6.45) is 7.57. The normalized spacial score (nSPS) is 23.0. The minimum atomic E-state index is -4.59. The van der Waals surface area contributed by atoms with Gasteiger partial charge in [-0.15, -0.1) is 0 Å². The van der Waals surface area contributed by atoms with E-state index in [4.69, 9.17) is 19.0 Å². The van der Waals surface area contributed by atoms with Gasteiger partial charge in [-0.25, -0.2) is 4.57 Å². The first-order valence-corrected chi connectivity index (χ1v) is 13.5. The molecule has 1 fully saturated rings. The number of phosphoric acid groups is 1. The highest BCUT2D eigenvalue weighted by Crippen LogP contribution is 2.51. The van der Waals surface area contributed by atoms with Crippen molar-refractivity contribution in [3.8, 4) is 5.75 Å². The first-order valence-electron chi connectivity index (χ1n) is 11.9. The van der Waals surface area contributed by atoms with Crippen LogP contribution in [0.15, 0.2) is 103 Å². The Hall–Kier alpha value is -3.11. The lowest BCUT2D eigenvalue weighted by Crippen LogP contribution is -2.28. The van der Waals surface area contributed by atoms with E-state index in [1.807, 2.05) is 12.3 Å². The molecule has 3 aromatic carbocycles. The van der Waals surface area contributed by atoms with Crippen molar-refractivity contribution >= 4 is 13.4 Å². The molecule has 0 amide bonds. The van der Waals surface area contributed by atoms with Crippen molar-refractivity contribution in [3.63, 3.8) is 0 Å². The maximum absolute atomic E-state index is 11.1. The summed E-state index contributed by atoms with van der Waals surface area (Å²) in [6, 6.07) is 28.1. The molecule has 2 bridgehead atoms. The third-order valence-corrected chi connectivity index (χ3v) is 7.38. The van der Waals surface area contributed by atoms with Crippen LogP contribution in [0.1, 0.15) is 41.9 Å². The quantitative estimate of drug-likeness (QED) is 0.281. The Balaban J connectivity index is 1.37. The summed E-state index contributed by atoms with van der Waals surface area (Å²) in [5, 5.41) is 0. The van der Waals surface area contributed by atoms with Crippen molar-refractivity contribution in [3.05, 3.63) is 120 Å². The zero-order valence-corrected chi connectivity index (χ0v) is 20.3. The predicted octanol–water partition coefficient (Wildman–Crippen LogP) is 6.86. The summed E-state index contributed by atoms with van der Waals surface area (Å²) in [6.45, 7) is 0.305. The van der Waals surface area contributed by atoms with E-state index in [0.717, 1.165) is 24.8 Å². The van der Waals surface area contributed by atoms with Crippen LogP contribution >= 0.6 is 7.82 Å². The van der Waals surface area contributed by atoms with Crippen molar-refractivity contribution < 1.29 is 23.6 Å². The highest BCUT2D eigenvalue weighted by Gasteiger charge is 2.38. The fraction of sp³-hybridized carbons (Fsp3) is 0.241. The van der Waals surface area contributed by atoms with Crippen molar-refractivity contribution in [2.45, 2.75) is 31.8 Å². The van der Waals surface area contributed by atoms with E-state index in [1.165, 1.54) is 28.3 Å². The smallest absolute Gasteiger partial charge is 0.497 e. The highest BCUT2D eigenvalue weighted by molar-refractivity contribution is 7.46. The van der Waals surface area contributed by atoms with Crippen LogP contribution in [0.4, 0.5) is 0 Å². The van der Waals surface area contributed by atoms with Crippen molar-refractivity contribution in [1.82, 2.24) is 0 Å². The van der Waals surface area contributed by atoms with E-state index in [-0.39, 0.29) is 11.7 Å². The number of allylic oxidation sites excluding steroid dienone is 3. The van der Waals surface area contributed by atoms with Crippen LogP contribution < -0.4 is 4.52 Å². The number of phosphoric ester groups is 1. The number of benzene rings is 3. The maximum Gasteiger partial charge on any atom is 0.524 e. The first kappa shape index (κ1) is 23.6. The number of hydrogen-bond acceptors (Lipinski definition) is 3. The second kappa shape index (κ2) is 10.2.